The van der Waals surface area contributed by atoms with E-state index in [1.54, 1.807) is 20.7 Å². The van der Waals surface area contributed by atoms with Crippen LogP contribution in [-0.2, 0) is 21.4 Å². The molecule has 0 amide bonds. The standard InChI is InChI=1S/C19H25N3O3S2/c1-20-19(17-8-5-13-26-17)18(15-25-20)27(23,24)22-11-9-21(10-12-22)14-16-6-3-2-4-7-16/h2-8,13,18-19H,9-12,14-15H2,1H3. The Hall–Kier alpha value is -1.29. The summed E-state index contributed by atoms with van der Waals surface area (Å²) < 4.78 is 28.3. The number of piperazine rings is 1. The summed E-state index contributed by atoms with van der Waals surface area (Å²) in [5.74, 6) is 0. The predicted molar refractivity (Wildman–Crippen MR) is 107 cm³/mol. The normalized spacial score (nSPS) is 25.8. The van der Waals surface area contributed by atoms with Gasteiger partial charge in [0.25, 0.3) is 0 Å². The van der Waals surface area contributed by atoms with Crippen molar-refractivity contribution in [2.75, 3.05) is 39.8 Å². The van der Waals surface area contributed by atoms with Crippen LogP contribution >= 0.6 is 11.3 Å². The molecule has 3 heterocycles. The first-order valence-corrected chi connectivity index (χ1v) is 11.6. The van der Waals surface area contributed by atoms with E-state index in [1.165, 1.54) is 5.56 Å². The maximum absolute atomic E-state index is 13.3. The van der Waals surface area contributed by atoms with E-state index in [0.29, 0.717) is 13.1 Å². The monoisotopic (exact) mass is 407 g/mol. The largest absolute Gasteiger partial charge is 0.297 e. The number of hydroxylamine groups is 2. The smallest absolute Gasteiger partial charge is 0.221 e. The Balaban J connectivity index is 1.42. The van der Waals surface area contributed by atoms with Gasteiger partial charge in [0.05, 0.1) is 12.6 Å². The molecule has 0 N–H and O–H groups in total. The summed E-state index contributed by atoms with van der Waals surface area (Å²) in [5, 5.41) is 3.12. The van der Waals surface area contributed by atoms with Crippen molar-refractivity contribution in [2.24, 2.45) is 0 Å². The SMILES string of the molecule is CN1OCC(S(=O)(=O)N2CCN(Cc3ccccc3)CC2)C1c1cccs1. The zero-order valence-corrected chi connectivity index (χ0v) is 17.0. The maximum atomic E-state index is 13.3. The minimum atomic E-state index is -3.42. The molecule has 2 saturated heterocycles. The quantitative estimate of drug-likeness (QED) is 0.761. The third-order valence-electron chi connectivity index (χ3n) is 5.34. The minimum absolute atomic E-state index is 0.214. The predicted octanol–water partition coefficient (Wildman–Crippen LogP) is 2.18. The lowest BCUT2D eigenvalue weighted by Gasteiger charge is -2.36. The van der Waals surface area contributed by atoms with Crippen LogP contribution < -0.4 is 0 Å². The highest BCUT2D eigenvalue weighted by molar-refractivity contribution is 7.89. The van der Waals surface area contributed by atoms with Crippen LogP contribution in [0.1, 0.15) is 16.5 Å². The minimum Gasteiger partial charge on any atom is -0.297 e. The zero-order valence-electron chi connectivity index (χ0n) is 15.4. The third kappa shape index (κ3) is 3.96. The fourth-order valence-corrected chi connectivity index (χ4v) is 6.78. The van der Waals surface area contributed by atoms with Gasteiger partial charge in [-0.2, -0.15) is 9.37 Å². The van der Waals surface area contributed by atoms with Crippen molar-refractivity contribution < 1.29 is 13.3 Å². The van der Waals surface area contributed by atoms with E-state index in [2.05, 4.69) is 17.0 Å². The van der Waals surface area contributed by atoms with Gasteiger partial charge in [0, 0.05) is 44.6 Å². The van der Waals surface area contributed by atoms with E-state index in [9.17, 15) is 8.42 Å². The fraction of sp³-hybridized carbons (Fsp3) is 0.474. The summed E-state index contributed by atoms with van der Waals surface area (Å²) in [5.41, 5.74) is 1.26. The average molecular weight is 408 g/mol. The number of benzene rings is 1. The van der Waals surface area contributed by atoms with Crippen molar-refractivity contribution in [3.8, 4) is 0 Å². The number of hydrogen-bond donors (Lipinski definition) is 0. The second kappa shape index (κ2) is 7.98. The molecule has 1 aromatic heterocycles. The molecule has 4 rings (SSSR count). The van der Waals surface area contributed by atoms with Crippen molar-refractivity contribution in [1.29, 1.82) is 0 Å². The van der Waals surface area contributed by atoms with Gasteiger partial charge in [-0.05, 0) is 17.0 Å². The van der Waals surface area contributed by atoms with Crippen LogP contribution in [0.3, 0.4) is 0 Å². The van der Waals surface area contributed by atoms with E-state index in [1.807, 2.05) is 42.8 Å². The van der Waals surface area contributed by atoms with Crippen LogP contribution in [0.25, 0.3) is 0 Å². The van der Waals surface area contributed by atoms with Gasteiger partial charge in [-0.25, -0.2) is 8.42 Å². The number of thiophene rings is 1. The van der Waals surface area contributed by atoms with Crippen LogP contribution in [0.4, 0.5) is 0 Å². The second-order valence-electron chi connectivity index (χ2n) is 7.05. The number of sulfonamides is 1. The van der Waals surface area contributed by atoms with Crippen molar-refractivity contribution in [3.63, 3.8) is 0 Å². The second-order valence-corrected chi connectivity index (χ2v) is 10.2. The molecule has 0 saturated carbocycles. The van der Waals surface area contributed by atoms with Gasteiger partial charge in [0.2, 0.25) is 10.0 Å². The lowest BCUT2D eigenvalue weighted by Crippen LogP contribution is -2.51. The van der Waals surface area contributed by atoms with E-state index in [-0.39, 0.29) is 12.6 Å². The Morgan fingerprint density at radius 2 is 1.81 bits per heavy atom. The highest BCUT2D eigenvalue weighted by Gasteiger charge is 2.46. The van der Waals surface area contributed by atoms with E-state index >= 15 is 0 Å². The summed E-state index contributed by atoms with van der Waals surface area (Å²) in [7, 11) is -1.60. The van der Waals surface area contributed by atoms with Crippen LogP contribution in [0.5, 0.6) is 0 Å². The molecule has 146 valence electrons. The van der Waals surface area contributed by atoms with Gasteiger partial charge >= 0.3 is 0 Å². The van der Waals surface area contributed by atoms with E-state index < -0.39 is 15.3 Å². The Kier molecular flexibility index (Phi) is 5.63. The highest BCUT2D eigenvalue weighted by atomic mass is 32.2. The van der Waals surface area contributed by atoms with Crippen LogP contribution in [0, 0.1) is 0 Å². The lowest BCUT2D eigenvalue weighted by molar-refractivity contribution is -0.110. The molecule has 0 radical (unpaired) electrons. The highest BCUT2D eigenvalue weighted by Crippen LogP contribution is 2.37. The molecule has 2 aromatic rings. The zero-order chi connectivity index (χ0) is 18.9. The number of hydrogen-bond acceptors (Lipinski definition) is 6. The summed E-state index contributed by atoms with van der Waals surface area (Å²) in [6.07, 6.45) is 0. The average Bonchev–Trinajstić information content (AvgIpc) is 3.32. The van der Waals surface area contributed by atoms with Gasteiger partial charge in [-0.15, -0.1) is 11.3 Å². The molecule has 2 aliphatic heterocycles. The summed E-state index contributed by atoms with van der Waals surface area (Å²) in [6, 6.07) is 14.0. The van der Waals surface area contributed by atoms with Crippen LogP contribution in [0.2, 0.25) is 0 Å². The van der Waals surface area contributed by atoms with Gasteiger partial charge in [-0.1, -0.05) is 36.4 Å². The number of nitrogens with zero attached hydrogens (tertiary/aromatic N) is 3. The molecule has 6 nitrogen and oxygen atoms in total. The van der Waals surface area contributed by atoms with Gasteiger partial charge in [0.1, 0.15) is 5.25 Å². The molecule has 0 spiro atoms. The first kappa shape index (κ1) is 19.0. The molecule has 2 unspecified atom stereocenters. The van der Waals surface area contributed by atoms with Gasteiger partial charge < -0.3 is 0 Å². The molecule has 8 heteroatoms. The molecule has 2 aliphatic rings. The third-order valence-corrected chi connectivity index (χ3v) is 8.53. The maximum Gasteiger partial charge on any atom is 0.221 e. The van der Waals surface area contributed by atoms with Crippen LogP contribution in [-0.4, -0.2) is 67.8 Å². The van der Waals surface area contributed by atoms with Gasteiger partial charge in [-0.3, -0.25) is 9.74 Å². The van der Waals surface area contributed by atoms with Crippen LogP contribution in [0.15, 0.2) is 47.8 Å². The molecule has 2 atom stereocenters. The van der Waals surface area contributed by atoms with E-state index in [0.717, 1.165) is 24.5 Å². The van der Waals surface area contributed by atoms with E-state index in [4.69, 9.17) is 4.84 Å². The van der Waals surface area contributed by atoms with Crippen molar-refractivity contribution in [1.82, 2.24) is 14.3 Å². The summed E-state index contributed by atoms with van der Waals surface area (Å²) in [6.45, 7) is 3.65. The molecule has 0 bridgehead atoms. The van der Waals surface area contributed by atoms with Crippen molar-refractivity contribution in [3.05, 3.63) is 58.3 Å². The molecule has 27 heavy (non-hydrogen) atoms. The molecule has 1 aromatic carbocycles. The summed E-state index contributed by atoms with van der Waals surface area (Å²) in [4.78, 5) is 8.95. The summed E-state index contributed by atoms with van der Waals surface area (Å²) >= 11 is 1.58. The van der Waals surface area contributed by atoms with Crippen molar-refractivity contribution >= 4 is 21.4 Å². The van der Waals surface area contributed by atoms with Gasteiger partial charge in [0.15, 0.2) is 0 Å². The molecular formula is C19H25N3O3S2. The first-order valence-electron chi connectivity index (χ1n) is 9.20. The number of rotatable bonds is 5. The first-order chi connectivity index (χ1) is 13.1. The fourth-order valence-electron chi connectivity index (χ4n) is 3.84. The Labute approximate surface area is 165 Å². The lowest BCUT2D eigenvalue weighted by atomic mass is 10.2. The topological polar surface area (TPSA) is 53.1 Å². The molecular weight excluding hydrogens is 382 g/mol. The Morgan fingerprint density at radius 1 is 1.07 bits per heavy atom. The Morgan fingerprint density at radius 3 is 2.48 bits per heavy atom. The Bertz CT molecular complexity index is 834. The van der Waals surface area contributed by atoms with Crippen molar-refractivity contribution in [2.45, 2.75) is 17.8 Å². The molecule has 0 aliphatic carbocycles. The molecule has 2 fully saturated rings.